The largest absolute Gasteiger partial charge is 0.389 e. The lowest BCUT2D eigenvalue weighted by Gasteiger charge is -2.18. The third-order valence-corrected chi connectivity index (χ3v) is 2.17. The van der Waals surface area contributed by atoms with E-state index in [2.05, 4.69) is 15.2 Å². The van der Waals surface area contributed by atoms with Crippen LogP contribution in [0.25, 0.3) is 4.85 Å². The second-order valence-corrected chi connectivity index (χ2v) is 3.11. The summed E-state index contributed by atoms with van der Waals surface area (Å²) in [4.78, 5) is 29.5. The Hall–Kier alpha value is -1.96. The van der Waals surface area contributed by atoms with Crippen molar-refractivity contribution in [3.8, 4) is 6.57 Å². The fraction of sp³-hybridized carbons (Fsp3) is 0.400. The van der Waals surface area contributed by atoms with Crippen molar-refractivity contribution in [2.45, 2.75) is 19.8 Å². The lowest BCUT2D eigenvalue weighted by Crippen LogP contribution is -2.41. The molecule has 1 heterocycles. The monoisotopic (exact) mass is 206 g/mol. The van der Waals surface area contributed by atoms with Crippen molar-refractivity contribution in [3.63, 3.8) is 0 Å². The molecule has 1 saturated heterocycles. The smallest absolute Gasteiger partial charge is 0.296 e. The van der Waals surface area contributed by atoms with Gasteiger partial charge in [-0.3, -0.25) is 14.9 Å². The van der Waals surface area contributed by atoms with E-state index >= 15 is 0 Å². The molecule has 1 N–H and O–H groups in total. The van der Waals surface area contributed by atoms with Crippen molar-refractivity contribution in [2.24, 2.45) is 10.9 Å². The number of carbonyl (C=O) groups is 2. The fourth-order valence-electron chi connectivity index (χ4n) is 1.44. The van der Waals surface area contributed by atoms with Crippen LogP contribution in [0.1, 0.15) is 19.8 Å². The van der Waals surface area contributed by atoms with E-state index in [1.165, 1.54) is 6.34 Å². The van der Waals surface area contributed by atoms with E-state index in [1.54, 1.807) is 13.0 Å². The van der Waals surface area contributed by atoms with Crippen LogP contribution < -0.4 is 5.32 Å². The minimum absolute atomic E-state index is 0.237. The van der Waals surface area contributed by atoms with Gasteiger partial charge in [0, 0.05) is 6.42 Å². The second kappa shape index (κ2) is 5.05. The number of nitrogens with zero attached hydrogens (tertiary/aromatic N) is 2. The molecule has 1 aliphatic rings. The number of nitrogens with one attached hydrogen (secondary N) is 1. The Morgan fingerprint density at radius 3 is 2.93 bits per heavy atom. The Labute approximate surface area is 87.7 Å². The maximum Gasteiger partial charge on any atom is 0.389 e. The molecule has 5 heteroatoms. The van der Waals surface area contributed by atoms with Crippen LogP contribution in [0.5, 0.6) is 0 Å². The van der Waals surface area contributed by atoms with Gasteiger partial charge in [-0.15, -0.1) is 0 Å². The van der Waals surface area contributed by atoms with E-state index in [1.807, 2.05) is 0 Å². The first-order chi connectivity index (χ1) is 7.19. The molecule has 1 fully saturated rings. The zero-order valence-corrected chi connectivity index (χ0v) is 8.43. The summed E-state index contributed by atoms with van der Waals surface area (Å²) < 4.78 is 0. The maximum absolute atomic E-state index is 11.5. The Morgan fingerprint density at radius 1 is 1.67 bits per heavy atom. The van der Waals surface area contributed by atoms with Gasteiger partial charge in [-0.25, -0.2) is 0 Å². The summed E-state index contributed by atoms with van der Waals surface area (Å²) in [6.45, 7) is 6.68. The number of aliphatic imine (C=N–C) groups is 1. The van der Waals surface area contributed by atoms with Crippen LogP contribution in [0.4, 0.5) is 0 Å². The average Bonchev–Trinajstić information content (AvgIpc) is 2.21. The number of hydrogen-bond acceptors (Lipinski definition) is 3. The minimum atomic E-state index is -0.384. The molecular formula is C10H12N3O2+. The molecule has 1 rings (SSSR count). The zero-order chi connectivity index (χ0) is 11.3. The normalized spacial score (nSPS) is 22.7. The van der Waals surface area contributed by atoms with Gasteiger partial charge < -0.3 is 0 Å². The molecule has 0 aromatic heterocycles. The van der Waals surface area contributed by atoms with Crippen LogP contribution in [-0.4, -0.2) is 18.2 Å². The highest BCUT2D eigenvalue weighted by atomic mass is 16.2. The summed E-state index contributed by atoms with van der Waals surface area (Å²) in [6.07, 6.45) is 3.70. The predicted octanol–water partition coefficient (Wildman–Crippen LogP) is 0.934. The molecule has 15 heavy (non-hydrogen) atoms. The van der Waals surface area contributed by atoms with Crippen LogP contribution in [0.3, 0.4) is 0 Å². The number of amides is 2. The average molecular weight is 206 g/mol. The molecule has 1 atom stereocenters. The summed E-state index contributed by atoms with van der Waals surface area (Å²) in [5, 5.41) is 2.27. The van der Waals surface area contributed by atoms with Crippen molar-refractivity contribution in [1.82, 2.24) is 5.32 Å². The first kappa shape index (κ1) is 11.1. The van der Waals surface area contributed by atoms with E-state index in [9.17, 15) is 9.59 Å². The predicted molar refractivity (Wildman–Crippen MR) is 56.4 cm³/mol. The lowest BCUT2D eigenvalue weighted by molar-refractivity contribution is -0.135. The van der Waals surface area contributed by atoms with Crippen molar-refractivity contribution in [2.75, 3.05) is 0 Å². The molecule has 2 amide bonds. The Balaban J connectivity index is 2.79. The summed E-state index contributed by atoms with van der Waals surface area (Å²) in [7, 11) is 0. The summed E-state index contributed by atoms with van der Waals surface area (Å²) in [5.74, 6) is -0.932. The van der Waals surface area contributed by atoms with Gasteiger partial charge >= 0.3 is 6.34 Å². The quantitative estimate of drug-likeness (QED) is 0.415. The highest BCUT2D eigenvalue weighted by molar-refractivity contribution is 5.99. The van der Waals surface area contributed by atoms with Crippen molar-refractivity contribution >= 4 is 18.2 Å². The molecule has 0 radical (unpaired) electrons. The number of hydrogen-bond donors (Lipinski definition) is 1. The molecule has 78 valence electrons. The minimum Gasteiger partial charge on any atom is -0.296 e. The third-order valence-electron chi connectivity index (χ3n) is 2.17. The standard InChI is InChI=1S/C10H11N3O2/c1-3-8(12-6-11-2)7-4-5-9(14)13-10(7)15/h2-3,6-7H,4-5H2,1H3/p+1/b8-3-,12-6?. The van der Waals surface area contributed by atoms with Crippen LogP contribution in [0.2, 0.25) is 0 Å². The molecular weight excluding hydrogens is 194 g/mol. The van der Waals surface area contributed by atoms with Gasteiger partial charge in [0.05, 0.1) is 0 Å². The highest BCUT2D eigenvalue weighted by Crippen LogP contribution is 2.21. The molecule has 0 aromatic rings. The van der Waals surface area contributed by atoms with E-state index < -0.39 is 0 Å². The van der Waals surface area contributed by atoms with Gasteiger partial charge in [-0.2, -0.15) is 4.85 Å². The van der Waals surface area contributed by atoms with Gasteiger partial charge in [-0.05, 0) is 24.4 Å². The van der Waals surface area contributed by atoms with E-state index in [0.717, 1.165) is 0 Å². The first-order valence-electron chi connectivity index (χ1n) is 4.61. The van der Waals surface area contributed by atoms with Gasteiger partial charge in [0.2, 0.25) is 11.8 Å². The van der Waals surface area contributed by atoms with E-state index in [0.29, 0.717) is 18.5 Å². The third kappa shape index (κ3) is 2.74. The Morgan fingerprint density at radius 2 is 2.40 bits per heavy atom. The Kier molecular flexibility index (Phi) is 3.75. The van der Waals surface area contributed by atoms with Gasteiger partial charge in [0.1, 0.15) is 12.5 Å². The fourth-order valence-corrected chi connectivity index (χ4v) is 1.44. The number of piperidine rings is 1. The van der Waals surface area contributed by atoms with E-state index in [4.69, 9.17) is 6.57 Å². The number of allylic oxidation sites excluding steroid dienone is 1. The zero-order valence-electron chi connectivity index (χ0n) is 8.43. The van der Waals surface area contributed by atoms with Gasteiger partial charge in [0.15, 0.2) is 5.70 Å². The molecule has 1 aliphatic heterocycles. The summed E-state index contributed by atoms with van der Waals surface area (Å²) in [5.41, 5.74) is 0.578. The molecule has 0 aromatic carbocycles. The molecule has 0 spiro atoms. The number of imide groups is 1. The van der Waals surface area contributed by atoms with Crippen LogP contribution >= 0.6 is 0 Å². The van der Waals surface area contributed by atoms with Crippen LogP contribution in [-0.2, 0) is 9.59 Å². The molecule has 5 nitrogen and oxygen atoms in total. The molecule has 0 aliphatic carbocycles. The van der Waals surface area contributed by atoms with Gasteiger partial charge in [0.25, 0.3) is 0 Å². The SMILES string of the molecule is C#[N+]C=N/C(=C\C)C1CCC(=O)NC1=O. The molecule has 0 bridgehead atoms. The molecule has 1 unspecified atom stereocenters. The van der Waals surface area contributed by atoms with Crippen molar-refractivity contribution in [3.05, 3.63) is 16.6 Å². The highest BCUT2D eigenvalue weighted by Gasteiger charge is 2.31. The Bertz CT molecular complexity index is 377. The molecule has 0 saturated carbocycles. The van der Waals surface area contributed by atoms with E-state index in [-0.39, 0.29) is 17.7 Å². The van der Waals surface area contributed by atoms with Crippen molar-refractivity contribution in [1.29, 1.82) is 0 Å². The van der Waals surface area contributed by atoms with Crippen LogP contribution in [0, 0.1) is 12.5 Å². The topological polar surface area (TPSA) is 62.9 Å². The second-order valence-electron chi connectivity index (χ2n) is 3.11. The first-order valence-corrected chi connectivity index (χ1v) is 4.61. The maximum atomic E-state index is 11.5. The van der Waals surface area contributed by atoms with Crippen LogP contribution in [0.15, 0.2) is 16.8 Å². The number of carbonyl (C=O) groups excluding carboxylic acids is 2. The van der Waals surface area contributed by atoms with Gasteiger partial charge in [-0.1, -0.05) is 0 Å². The lowest BCUT2D eigenvalue weighted by atomic mass is 9.95. The van der Waals surface area contributed by atoms with Crippen molar-refractivity contribution < 1.29 is 9.59 Å². The number of rotatable bonds is 2. The summed E-state index contributed by atoms with van der Waals surface area (Å²) in [6, 6.07) is 0. The summed E-state index contributed by atoms with van der Waals surface area (Å²) >= 11 is 0.